The molecule has 0 fully saturated rings. The summed E-state index contributed by atoms with van der Waals surface area (Å²) in [6, 6.07) is 5.96. The third-order valence-corrected chi connectivity index (χ3v) is 4.17. The molecular weight excluding hydrogens is 286 g/mol. The van der Waals surface area contributed by atoms with Crippen LogP contribution in [-0.4, -0.2) is 29.7 Å². The molecule has 4 rings (SSSR count). The monoisotopic (exact) mass is 301 g/mol. The van der Waals surface area contributed by atoms with Gasteiger partial charge in [0.1, 0.15) is 0 Å². The lowest BCUT2D eigenvalue weighted by Crippen LogP contribution is -2.31. The first-order valence-electron chi connectivity index (χ1n) is 7.22. The van der Waals surface area contributed by atoms with Crippen LogP contribution in [0.5, 0.6) is 0 Å². The molecule has 0 radical (unpaired) electrons. The van der Waals surface area contributed by atoms with Gasteiger partial charge in [-0.3, -0.25) is 0 Å². The van der Waals surface area contributed by atoms with Crippen molar-refractivity contribution in [2.24, 2.45) is 10.1 Å². The fourth-order valence-corrected chi connectivity index (χ4v) is 3.17. The summed E-state index contributed by atoms with van der Waals surface area (Å²) in [5.41, 5.74) is 7.68. The second-order valence-corrected chi connectivity index (χ2v) is 5.79. The molecule has 2 heterocycles. The summed E-state index contributed by atoms with van der Waals surface area (Å²) in [6.07, 6.45) is 3.13. The molecule has 1 aliphatic heterocycles. The molecule has 0 atom stereocenters. The van der Waals surface area contributed by atoms with Gasteiger partial charge in [-0.15, -0.1) is 0 Å². The topological polar surface area (TPSA) is 64.6 Å². The number of guanidine groups is 1. The average molecular weight is 302 g/mol. The van der Waals surface area contributed by atoms with Crippen LogP contribution >= 0.6 is 11.6 Å². The molecule has 0 spiro atoms. The molecule has 2 aliphatic rings. The molecule has 0 saturated carbocycles. The van der Waals surface area contributed by atoms with Gasteiger partial charge in [-0.1, -0.05) is 11.6 Å². The maximum absolute atomic E-state index is 6.15. The molecule has 1 aromatic carbocycles. The number of aryl methyl sites for hydroxylation is 1. The van der Waals surface area contributed by atoms with E-state index in [4.69, 9.17) is 11.6 Å². The Bertz CT molecular complexity index is 759. The second kappa shape index (κ2) is 5.07. The van der Waals surface area contributed by atoms with Crippen LogP contribution in [0.1, 0.15) is 24.1 Å². The molecule has 2 aromatic rings. The third-order valence-electron chi connectivity index (χ3n) is 3.94. The Kier molecular flexibility index (Phi) is 3.07. The first-order valence-corrected chi connectivity index (χ1v) is 7.60. The molecule has 6 heteroatoms. The fourth-order valence-electron chi connectivity index (χ4n) is 3.00. The van der Waals surface area contributed by atoms with Gasteiger partial charge in [-0.2, -0.15) is 5.10 Å². The predicted molar refractivity (Wildman–Crippen MR) is 86.2 cm³/mol. The van der Waals surface area contributed by atoms with Crippen molar-refractivity contribution in [3.05, 3.63) is 34.5 Å². The first kappa shape index (κ1) is 12.7. The summed E-state index contributed by atoms with van der Waals surface area (Å²) >= 11 is 6.15. The molecule has 0 unspecified atom stereocenters. The Balaban J connectivity index is 1.77. The van der Waals surface area contributed by atoms with Gasteiger partial charge < -0.3 is 10.3 Å². The van der Waals surface area contributed by atoms with E-state index in [1.165, 1.54) is 11.3 Å². The van der Waals surface area contributed by atoms with E-state index in [1.807, 2.05) is 18.2 Å². The van der Waals surface area contributed by atoms with Gasteiger partial charge in [0.05, 0.1) is 12.3 Å². The summed E-state index contributed by atoms with van der Waals surface area (Å²) in [6.45, 7) is 1.68. The number of aromatic nitrogens is 1. The molecular formula is C15H16ClN5. The molecule has 1 aromatic heterocycles. The maximum atomic E-state index is 6.15. The van der Waals surface area contributed by atoms with Gasteiger partial charge >= 0.3 is 0 Å². The Morgan fingerprint density at radius 2 is 2.24 bits per heavy atom. The minimum atomic E-state index is 0.754. The van der Waals surface area contributed by atoms with E-state index < -0.39 is 0 Å². The number of hydrogen-bond donors (Lipinski definition) is 3. The number of nitrogens with zero attached hydrogens (tertiary/aromatic N) is 2. The summed E-state index contributed by atoms with van der Waals surface area (Å²) in [5, 5.41) is 9.64. The van der Waals surface area contributed by atoms with Crippen molar-refractivity contribution in [3.8, 4) is 0 Å². The second-order valence-electron chi connectivity index (χ2n) is 5.35. The minimum absolute atomic E-state index is 0.754. The molecule has 5 nitrogen and oxygen atoms in total. The van der Waals surface area contributed by atoms with Crippen molar-refractivity contribution < 1.29 is 0 Å². The lowest BCUT2D eigenvalue weighted by Gasteiger charge is -2.14. The van der Waals surface area contributed by atoms with Crippen molar-refractivity contribution in [2.45, 2.75) is 19.3 Å². The summed E-state index contributed by atoms with van der Waals surface area (Å²) in [5.74, 6) is 0.757. The molecule has 0 amide bonds. The number of aliphatic imine (C=N–C) groups is 1. The third kappa shape index (κ3) is 2.27. The van der Waals surface area contributed by atoms with Gasteiger partial charge in [0.15, 0.2) is 0 Å². The number of nitrogens with one attached hydrogen (secondary N) is 3. The highest BCUT2D eigenvalue weighted by atomic mass is 35.5. The zero-order valence-electron chi connectivity index (χ0n) is 11.5. The lowest BCUT2D eigenvalue weighted by molar-refractivity contribution is 0.810. The lowest BCUT2D eigenvalue weighted by atomic mass is 9.93. The predicted octanol–water partition coefficient (Wildman–Crippen LogP) is 2.41. The minimum Gasteiger partial charge on any atom is -0.358 e. The van der Waals surface area contributed by atoms with E-state index in [0.29, 0.717) is 0 Å². The highest BCUT2D eigenvalue weighted by molar-refractivity contribution is 6.31. The van der Waals surface area contributed by atoms with Crippen LogP contribution in [0.2, 0.25) is 5.02 Å². The highest BCUT2D eigenvalue weighted by Gasteiger charge is 2.21. The quantitative estimate of drug-likeness (QED) is 0.708. The van der Waals surface area contributed by atoms with E-state index in [0.717, 1.165) is 59.9 Å². The van der Waals surface area contributed by atoms with Crippen LogP contribution in [0.15, 0.2) is 28.3 Å². The van der Waals surface area contributed by atoms with E-state index in [2.05, 4.69) is 25.8 Å². The Morgan fingerprint density at radius 1 is 1.29 bits per heavy atom. The molecule has 108 valence electrons. The van der Waals surface area contributed by atoms with Crippen molar-refractivity contribution in [2.75, 3.05) is 13.1 Å². The van der Waals surface area contributed by atoms with Crippen molar-refractivity contribution in [3.63, 3.8) is 0 Å². The normalized spacial score (nSPS) is 19.5. The highest BCUT2D eigenvalue weighted by Crippen LogP contribution is 2.31. The number of hydrazone groups is 1. The Morgan fingerprint density at radius 3 is 3.10 bits per heavy atom. The summed E-state index contributed by atoms with van der Waals surface area (Å²) in [7, 11) is 0. The number of fused-ring (bicyclic) bond motifs is 3. The number of benzene rings is 1. The average Bonchev–Trinajstić information content (AvgIpc) is 3.12. The number of aromatic amines is 1. The van der Waals surface area contributed by atoms with Crippen LogP contribution in [-0.2, 0) is 6.42 Å². The van der Waals surface area contributed by atoms with Crippen molar-refractivity contribution >= 4 is 34.2 Å². The van der Waals surface area contributed by atoms with Gasteiger partial charge in [0.2, 0.25) is 5.96 Å². The summed E-state index contributed by atoms with van der Waals surface area (Å²) < 4.78 is 0. The Hall–Kier alpha value is -2.01. The van der Waals surface area contributed by atoms with Crippen molar-refractivity contribution in [1.29, 1.82) is 0 Å². The number of halogens is 1. The number of H-pyrrole nitrogens is 1. The SMILES string of the molecule is Clc1ccc2[nH]c3c(c2c1)/C(=N/NC1=NCCN1)CCC3. The first-order chi connectivity index (χ1) is 10.3. The van der Waals surface area contributed by atoms with Crippen LogP contribution < -0.4 is 10.7 Å². The molecule has 0 saturated heterocycles. The van der Waals surface area contributed by atoms with Gasteiger partial charge in [0, 0.05) is 33.7 Å². The van der Waals surface area contributed by atoms with Gasteiger partial charge in [-0.05, 0) is 37.5 Å². The van der Waals surface area contributed by atoms with Gasteiger partial charge in [-0.25, -0.2) is 10.4 Å². The molecule has 1 aliphatic carbocycles. The Labute approximate surface area is 127 Å². The molecule has 3 N–H and O–H groups in total. The van der Waals surface area contributed by atoms with Crippen LogP contribution in [0.3, 0.4) is 0 Å². The zero-order valence-corrected chi connectivity index (χ0v) is 12.3. The molecule has 0 bridgehead atoms. The fraction of sp³-hybridized carbons (Fsp3) is 0.333. The number of rotatable bonds is 1. The van der Waals surface area contributed by atoms with E-state index in [-0.39, 0.29) is 0 Å². The van der Waals surface area contributed by atoms with Crippen LogP contribution in [0, 0.1) is 0 Å². The van der Waals surface area contributed by atoms with Crippen LogP contribution in [0.4, 0.5) is 0 Å². The van der Waals surface area contributed by atoms with E-state index in [1.54, 1.807) is 0 Å². The van der Waals surface area contributed by atoms with Crippen LogP contribution in [0.25, 0.3) is 10.9 Å². The maximum Gasteiger partial charge on any atom is 0.212 e. The zero-order chi connectivity index (χ0) is 14.2. The smallest absolute Gasteiger partial charge is 0.212 e. The van der Waals surface area contributed by atoms with E-state index >= 15 is 0 Å². The van der Waals surface area contributed by atoms with Crippen molar-refractivity contribution in [1.82, 2.24) is 15.7 Å². The standard InChI is InChI=1S/C15H16ClN5/c16-9-4-5-11-10(8-9)14-12(19-11)2-1-3-13(14)20-21-15-17-6-7-18-15/h4-5,8,19H,1-3,6-7H2,(H2,17,18,21)/b20-13+. The largest absolute Gasteiger partial charge is 0.358 e. The molecule has 21 heavy (non-hydrogen) atoms. The summed E-state index contributed by atoms with van der Waals surface area (Å²) in [4.78, 5) is 7.79. The van der Waals surface area contributed by atoms with E-state index in [9.17, 15) is 0 Å². The number of hydrogen-bond acceptors (Lipinski definition) is 4. The van der Waals surface area contributed by atoms with Gasteiger partial charge in [0.25, 0.3) is 0 Å².